The van der Waals surface area contributed by atoms with E-state index in [-0.39, 0.29) is 10.7 Å². The molecule has 24 heavy (non-hydrogen) atoms. The van der Waals surface area contributed by atoms with Gasteiger partial charge in [0.2, 0.25) is 5.91 Å². The van der Waals surface area contributed by atoms with Crippen molar-refractivity contribution < 1.29 is 13.6 Å². The van der Waals surface area contributed by atoms with Crippen LogP contribution in [0.3, 0.4) is 0 Å². The van der Waals surface area contributed by atoms with E-state index >= 15 is 0 Å². The fraction of sp³-hybridized carbons (Fsp3) is 0.235. The number of carbonyl (C=O) groups is 1. The van der Waals surface area contributed by atoms with Gasteiger partial charge in [-0.05, 0) is 43.7 Å². The maximum atomic E-state index is 13.6. The third kappa shape index (κ3) is 4.44. The minimum atomic E-state index is -0.658. The van der Waals surface area contributed by atoms with Gasteiger partial charge in [-0.25, -0.2) is 8.78 Å². The van der Waals surface area contributed by atoms with Gasteiger partial charge in [0.25, 0.3) is 0 Å². The van der Waals surface area contributed by atoms with Gasteiger partial charge in [-0.2, -0.15) is 0 Å². The van der Waals surface area contributed by atoms with E-state index in [0.29, 0.717) is 10.6 Å². The van der Waals surface area contributed by atoms with Crippen LogP contribution in [0.25, 0.3) is 0 Å². The fourth-order valence-corrected chi connectivity index (χ4v) is 2.76. The summed E-state index contributed by atoms with van der Waals surface area (Å²) in [4.78, 5) is 12.2. The Morgan fingerprint density at radius 1 is 1.04 bits per heavy atom. The van der Waals surface area contributed by atoms with E-state index in [4.69, 9.17) is 23.2 Å². The van der Waals surface area contributed by atoms with E-state index < -0.39 is 29.6 Å². The number of para-hydroxylation sites is 1. The van der Waals surface area contributed by atoms with Crippen LogP contribution in [0.5, 0.6) is 0 Å². The topological polar surface area (TPSA) is 41.1 Å². The molecule has 128 valence electrons. The average molecular weight is 373 g/mol. The highest BCUT2D eigenvalue weighted by molar-refractivity contribution is 6.35. The molecule has 2 aromatic rings. The normalized spacial score (nSPS) is 13.4. The van der Waals surface area contributed by atoms with E-state index in [1.165, 1.54) is 30.3 Å². The lowest BCUT2D eigenvalue weighted by Crippen LogP contribution is -2.39. The summed E-state index contributed by atoms with van der Waals surface area (Å²) in [7, 11) is 0. The second-order valence-electron chi connectivity index (χ2n) is 5.37. The average Bonchev–Trinajstić information content (AvgIpc) is 2.52. The van der Waals surface area contributed by atoms with Crippen molar-refractivity contribution in [2.75, 3.05) is 5.32 Å². The molecule has 0 fully saturated rings. The molecule has 0 aliphatic heterocycles. The van der Waals surface area contributed by atoms with Gasteiger partial charge in [0.1, 0.15) is 11.6 Å². The number of carbonyl (C=O) groups excluding carboxylic acids is 1. The van der Waals surface area contributed by atoms with E-state index in [1.54, 1.807) is 19.9 Å². The van der Waals surface area contributed by atoms with E-state index in [1.807, 2.05) is 0 Å². The van der Waals surface area contributed by atoms with Crippen molar-refractivity contribution in [3.05, 3.63) is 63.6 Å². The molecule has 3 nitrogen and oxygen atoms in total. The van der Waals surface area contributed by atoms with Crippen molar-refractivity contribution in [3.8, 4) is 0 Å². The van der Waals surface area contributed by atoms with Gasteiger partial charge in [-0.3, -0.25) is 10.1 Å². The highest BCUT2D eigenvalue weighted by atomic mass is 35.5. The zero-order chi connectivity index (χ0) is 17.9. The molecule has 0 aromatic heterocycles. The van der Waals surface area contributed by atoms with Crippen LogP contribution in [0.15, 0.2) is 36.4 Å². The maximum absolute atomic E-state index is 13.6. The van der Waals surface area contributed by atoms with Crippen molar-refractivity contribution in [1.82, 2.24) is 5.32 Å². The van der Waals surface area contributed by atoms with Crippen molar-refractivity contribution >= 4 is 34.8 Å². The second-order valence-corrected chi connectivity index (χ2v) is 6.18. The van der Waals surface area contributed by atoms with Gasteiger partial charge in [0.05, 0.1) is 16.8 Å². The Hall–Kier alpha value is -1.69. The first-order chi connectivity index (χ1) is 11.3. The highest BCUT2D eigenvalue weighted by Crippen LogP contribution is 2.28. The Bertz CT molecular complexity index is 755. The van der Waals surface area contributed by atoms with Gasteiger partial charge in [-0.15, -0.1) is 0 Å². The molecule has 1 amide bonds. The number of amides is 1. The summed E-state index contributed by atoms with van der Waals surface area (Å²) < 4.78 is 27.2. The predicted octanol–water partition coefficient (Wildman–Crippen LogP) is 4.95. The molecule has 2 N–H and O–H groups in total. The van der Waals surface area contributed by atoms with Gasteiger partial charge < -0.3 is 5.32 Å². The van der Waals surface area contributed by atoms with Gasteiger partial charge in [0.15, 0.2) is 0 Å². The van der Waals surface area contributed by atoms with Crippen LogP contribution < -0.4 is 10.6 Å². The number of nitrogens with one attached hydrogen (secondary N) is 2. The largest absolute Gasteiger partial charge is 0.322 e. The van der Waals surface area contributed by atoms with Gasteiger partial charge in [0, 0.05) is 11.1 Å². The number of hydrogen-bond acceptors (Lipinski definition) is 2. The first-order valence-corrected chi connectivity index (χ1v) is 8.01. The predicted molar refractivity (Wildman–Crippen MR) is 92.5 cm³/mol. The van der Waals surface area contributed by atoms with Crippen molar-refractivity contribution in [1.29, 1.82) is 0 Å². The molecule has 0 spiro atoms. The number of rotatable bonds is 5. The van der Waals surface area contributed by atoms with Crippen LogP contribution in [0.4, 0.5) is 14.5 Å². The summed E-state index contributed by atoms with van der Waals surface area (Å²) in [5.41, 5.74) is 0.573. The summed E-state index contributed by atoms with van der Waals surface area (Å²) in [6, 6.07) is 7.35. The molecule has 0 bridgehead atoms. The standard InChI is InChI=1S/C17H16Cl2F2N2O/c1-9(11-7-15(21)13(19)8-12(11)18)22-10(2)17(24)23-16-6-4-3-5-14(16)20/h3-10,22H,1-2H3,(H,23,24)/t9-,10-/m1/s1. The third-order valence-corrected chi connectivity index (χ3v) is 4.15. The van der Waals surface area contributed by atoms with E-state index in [0.717, 1.165) is 0 Å². The molecule has 0 unspecified atom stereocenters. The minimum Gasteiger partial charge on any atom is -0.322 e. The summed E-state index contributed by atoms with van der Waals surface area (Å²) in [5, 5.41) is 5.72. The van der Waals surface area contributed by atoms with Crippen LogP contribution in [0.1, 0.15) is 25.5 Å². The fourth-order valence-electron chi connectivity index (χ4n) is 2.21. The number of hydrogen-bond donors (Lipinski definition) is 2. The first-order valence-electron chi connectivity index (χ1n) is 7.25. The summed E-state index contributed by atoms with van der Waals surface area (Å²) in [5.74, 6) is -1.53. The molecule has 0 aliphatic carbocycles. The number of halogens is 4. The Balaban J connectivity index is 2.06. The number of benzene rings is 2. The molecule has 0 heterocycles. The molecule has 7 heteroatoms. The quantitative estimate of drug-likeness (QED) is 0.729. The lowest BCUT2D eigenvalue weighted by Gasteiger charge is -2.21. The molecule has 0 aliphatic rings. The molecule has 0 radical (unpaired) electrons. The van der Waals surface area contributed by atoms with E-state index in [9.17, 15) is 13.6 Å². The lowest BCUT2D eigenvalue weighted by molar-refractivity contribution is -0.118. The molecule has 2 aromatic carbocycles. The third-order valence-electron chi connectivity index (χ3n) is 3.53. The number of anilines is 1. The van der Waals surface area contributed by atoms with Crippen molar-refractivity contribution in [2.24, 2.45) is 0 Å². The monoisotopic (exact) mass is 372 g/mol. The van der Waals surface area contributed by atoms with Crippen LogP contribution in [0, 0.1) is 11.6 Å². The molecule has 2 atom stereocenters. The maximum Gasteiger partial charge on any atom is 0.241 e. The Kier molecular flexibility index (Phi) is 6.15. The second kappa shape index (κ2) is 7.92. The zero-order valence-corrected chi connectivity index (χ0v) is 14.6. The highest BCUT2D eigenvalue weighted by Gasteiger charge is 2.20. The summed E-state index contributed by atoms with van der Waals surface area (Å²) in [6.45, 7) is 3.36. The smallest absolute Gasteiger partial charge is 0.241 e. The van der Waals surface area contributed by atoms with E-state index in [2.05, 4.69) is 10.6 Å². The molecular weight excluding hydrogens is 357 g/mol. The summed E-state index contributed by atoms with van der Waals surface area (Å²) >= 11 is 11.7. The Morgan fingerprint density at radius 3 is 2.38 bits per heavy atom. The molecule has 0 saturated carbocycles. The van der Waals surface area contributed by atoms with Crippen LogP contribution in [0.2, 0.25) is 10.0 Å². The minimum absolute atomic E-state index is 0.0682. The zero-order valence-electron chi connectivity index (χ0n) is 13.0. The van der Waals surface area contributed by atoms with Crippen molar-refractivity contribution in [3.63, 3.8) is 0 Å². The first kappa shape index (κ1) is 18.6. The van der Waals surface area contributed by atoms with Crippen LogP contribution in [-0.2, 0) is 4.79 Å². The Labute approximate surface area is 149 Å². The molecule has 0 saturated heterocycles. The SMILES string of the molecule is C[C@@H](N[C@H](C)c1cc(F)c(Cl)cc1Cl)C(=O)Nc1ccccc1F. The van der Waals surface area contributed by atoms with Crippen LogP contribution in [-0.4, -0.2) is 11.9 Å². The summed E-state index contributed by atoms with van der Waals surface area (Å²) in [6.07, 6.45) is 0. The van der Waals surface area contributed by atoms with Crippen molar-refractivity contribution in [2.45, 2.75) is 25.9 Å². The lowest BCUT2D eigenvalue weighted by atomic mass is 10.1. The Morgan fingerprint density at radius 2 is 1.71 bits per heavy atom. The molecule has 2 rings (SSSR count). The van der Waals surface area contributed by atoms with Gasteiger partial charge in [-0.1, -0.05) is 35.3 Å². The van der Waals surface area contributed by atoms with Crippen LogP contribution >= 0.6 is 23.2 Å². The molecular formula is C17H16Cl2F2N2O. The van der Waals surface area contributed by atoms with Gasteiger partial charge >= 0.3 is 0 Å².